The quantitative estimate of drug-likeness (QED) is 0.364. The molecule has 0 aliphatic heterocycles. The van der Waals surface area contributed by atoms with Crippen molar-refractivity contribution in [3.8, 4) is 0 Å². The van der Waals surface area contributed by atoms with Gasteiger partial charge in [-0.25, -0.2) is 4.98 Å². The number of amides is 1. The van der Waals surface area contributed by atoms with Crippen molar-refractivity contribution in [1.29, 1.82) is 0 Å². The number of aryl methyl sites for hydroxylation is 2. The predicted molar refractivity (Wildman–Crippen MR) is 115 cm³/mol. The molecule has 5 aromatic rings. The molecule has 1 amide bonds. The molecule has 5 rings (SSSR count). The number of fused-ring (bicyclic) bond motifs is 2. The highest BCUT2D eigenvalue weighted by atomic mass is 32.1. The summed E-state index contributed by atoms with van der Waals surface area (Å²) in [5.41, 5.74) is 3.95. The van der Waals surface area contributed by atoms with E-state index in [0.717, 1.165) is 15.6 Å². The van der Waals surface area contributed by atoms with Crippen molar-refractivity contribution in [1.82, 2.24) is 4.98 Å². The number of aromatic nitrogens is 1. The van der Waals surface area contributed by atoms with E-state index in [1.54, 1.807) is 17.2 Å². The molecule has 2 aromatic carbocycles. The van der Waals surface area contributed by atoms with Gasteiger partial charge in [0.05, 0.1) is 23.0 Å². The van der Waals surface area contributed by atoms with Crippen LogP contribution in [-0.4, -0.2) is 10.9 Å². The number of anilines is 1. The average Bonchev–Trinajstić information content (AvgIpc) is 3.45. The van der Waals surface area contributed by atoms with Crippen LogP contribution in [0.1, 0.15) is 27.4 Å². The van der Waals surface area contributed by atoms with Crippen molar-refractivity contribution in [3.05, 3.63) is 83.5 Å². The molecule has 3 heterocycles. The number of carbonyl (C=O) groups excluding carboxylic acids is 1. The molecule has 0 atom stereocenters. The smallest absolute Gasteiger partial charge is 0.296 e. The van der Waals surface area contributed by atoms with E-state index in [2.05, 4.69) is 26.0 Å². The van der Waals surface area contributed by atoms with Gasteiger partial charge < -0.3 is 8.83 Å². The number of nitrogens with zero attached hydrogens (tertiary/aromatic N) is 2. The molecule has 0 saturated carbocycles. The van der Waals surface area contributed by atoms with Crippen LogP contribution in [-0.2, 0) is 6.54 Å². The number of hydrogen-bond donors (Lipinski definition) is 0. The molecule has 6 heteroatoms. The second-order valence-corrected chi connectivity index (χ2v) is 8.03. The van der Waals surface area contributed by atoms with Gasteiger partial charge in [0.1, 0.15) is 11.3 Å². The van der Waals surface area contributed by atoms with E-state index in [9.17, 15) is 4.79 Å². The first-order valence-corrected chi connectivity index (χ1v) is 10.1. The molecule has 144 valence electrons. The van der Waals surface area contributed by atoms with Crippen molar-refractivity contribution in [2.45, 2.75) is 20.4 Å². The summed E-state index contributed by atoms with van der Waals surface area (Å²) in [7, 11) is 0. The zero-order chi connectivity index (χ0) is 20.0. The summed E-state index contributed by atoms with van der Waals surface area (Å²) in [6, 6.07) is 17.2. The number of hydrogen-bond acceptors (Lipinski definition) is 5. The van der Waals surface area contributed by atoms with Gasteiger partial charge in [-0.2, -0.15) is 0 Å². The molecule has 0 unspecified atom stereocenters. The molecule has 0 saturated heterocycles. The van der Waals surface area contributed by atoms with E-state index < -0.39 is 0 Å². The summed E-state index contributed by atoms with van der Waals surface area (Å²) < 4.78 is 12.4. The Labute approximate surface area is 171 Å². The van der Waals surface area contributed by atoms with E-state index >= 15 is 0 Å². The summed E-state index contributed by atoms with van der Waals surface area (Å²) in [4.78, 5) is 19.8. The molecular weight excluding hydrogens is 384 g/mol. The molecule has 0 bridgehead atoms. The van der Waals surface area contributed by atoms with E-state index in [1.165, 1.54) is 22.5 Å². The van der Waals surface area contributed by atoms with Crippen molar-refractivity contribution >= 4 is 43.6 Å². The van der Waals surface area contributed by atoms with Crippen molar-refractivity contribution < 1.29 is 13.6 Å². The molecule has 0 radical (unpaired) electrons. The minimum atomic E-state index is -0.245. The predicted octanol–water partition coefficient (Wildman–Crippen LogP) is 6.10. The van der Waals surface area contributed by atoms with E-state index in [4.69, 9.17) is 13.8 Å². The van der Waals surface area contributed by atoms with Crippen LogP contribution in [0.2, 0.25) is 0 Å². The van der Waals surface area contributed by atoms with Gasteiger partial charge in [-0.15, -0.1) is 0 Å². The summed E-state index contributed by atoms with van der Waals surface area (Å²) >= 11 is 1.49. The first-order chi connectivity index (χ1) is 14.1. The fourth-order valence-corrected chi connectivity index (χ4v) is 4.33. The van der Waals surface area contributed by atoms with Crippen LogP contribution < -0.4 is 4.90 Å². The number of rotatable bonds is 4. The highest BCUT2D eigenvalue weighted by Gasteiger charge is 2.25. The van der Waals surface area contributed by atoms with Crippen LogP contribution in [0.5, 0.6) is 0 Å². The first-order valence-electron chi connectivity index (χ1n) is 9.29. The second-order valence-electron chi connectivity index (χ2n) is 7.02. The zero-order valence-corrected chi connectivity index (χ0v) is 16.8. The van der Waals surface area contributed by atoms with Crippen LogP contribution in [0.15, 0.2) is 69.7 Å². The lowest BCUT2D eigenvalue weighted by Crippen LogP contribution is -2.29. The lowest BCUT2D eigenvalue weighted by Gasteiger charge is -2.17. The minimum absolute atomic E-state index is 0.245. The fourth-order valence-electron chi connectivity index (χ4n) is 3.29. The Hall–Kier alpha value is -3.38. The van der Waals surface area contributed by atoms with Gasteiger partial charge in [-0.3, -0.25) is 9.69 Å². The lowest BCUT2D eigenvalue weighted by molar-refractivity contribution is 0.0958. The SMILES string of the molecule is Cc1cc2nc(N(Cc3ccco3)C(=O)c3cc4ccccc4o3)sc2cc1C. The van der Waals surface area contributed by atoms with Gasteiger partial charge in [0, 0.05) is 5.39 Å². The minimum Gasteiger partial charge on any atom is -0.467 e. The highest BCUT2D eigenvalue weighted by molar-refractivity contribution is 7.22. The lowest BCUT2D eigenvalue weighted by atomic mass is 10.1. The van der Waals surface area contributed by atoms with Crippen LogP contribution in [0.3, 0.4) is 0 Å². The maximum atomic E-state index is 13.4. The topological polar surface area (TPSA) is 59.5 Å². The standard InChI is InChI=1S/C23H18N2O3S/c1-14-10-18-21(11-15(14)2)29-23(24-18)25(13-17-7-5-9-27-17)22(26)20-12-16-6-3-4-8-19(16)28-20/h3-12H,13H2,1-2H3. The van der Waals surface area contributed by atoms with Gasteiger partial charge in [0.2, 0.25) is 0 Å². The third-order valence-corrected chi connectivity index (χ3v) is 6.04. The van der Waals surface area contributed by atoms with Gasteiger partial charge in [-0.1, -0.05) is 29.5 Å². The van der Waals surface area contributed by atoms with Gasteiger partial charge in [0.25, 0.3) is 5.91 Å². The van der Waals surface area contributed by atoms with E-state index in [-0.39, 0.29) is 18.2 Å². The monoisotopic (exact) mass is 402 g/mol. The average molecular weight is 402 g/mol. The van der Waals surface area contributed by atoms with E-state index in [1.807, 2.05) is 36.4 Å². The van der Waals surface area contributed by atoms with Gasteiger partial charge in [-0.05, 0) is 61.4 Å². The van der Waals surface area contributed by atoms with Crippen molar-refractivity contribution in [2.75, 3.05) is 4.90 Å². The zero-order valence-electron chi connectivity index (χ0n) is 16.0. The second kappa shape index (κ2) is 6.90. The molecule has 0 aliphatic carbocycles. The Bertz CT molecular complexity index is 1260. The number of para-hydroxylation sites is 1. The molecular formula is C23H18N2O3S. The summed E-state index contributed by atoms with van der Waals surface area (Å²) in [5, 5.41) is 1.51. The van der Waals surface area contributed by atoms with Crippen LogP contribution in [0.25, 0.3) is 21.2 Å². The summed E-state index contributed by atoms with van der Waals surface area (Å²) in [5.74, 6) is 0.718. The summed E-state index contributed by atoms with van der Waals surface area (Å²) in [6.45, 7) is 4.42. The molecule has 3 aromatic heterocycles. The Morgan fingerprint density at radius 3 is 2.69 bits per heavy atom. The van der Waals surface area contributed by atoms with Crippen LogP contribution in [0.4, 0.5) is 5.13 Å². The van der Waals surface area contributed by atoms with Gasteiger partial charge in [0.15, 0.2) is 10.9 Å². The normalized spacial score (nSPS) is 11.4. The Morgan fingerprint density at radius 1 is 1.07 bits per heavy atom. The molecule has 5 nitrogen and oxygen atoms in total. The third kappa shape index (κ3) is 3.21. The number of benzene rings is 2. The number of furan rings is 2. The molecule has 0 fully saturated rings. The van der Waals surface area contributed by atoms with Crippen LogP contribution in [0, 0.1) is 13.8 Å². The molecule has 0 aliphatic rings. The first kappa shape index (κ1) is 17.7. The van der Waals surface area contributed by atoms with E-state index in [0.29, 0.717) is 16.5 Å². The van der Waals surface area contributed by atoms with Crippen molar-refractivity contribution in [2.24, 2.45) is 0 Å². The maximum Gasteiger partial charge on any atom is 0.296 e. The third-order valence-electron chi connectivity index (χ3n) is 5.00. The van der Waals surface area contributed by atoms with Crippen molar-refractivity contribution in [3.63, 3.8) is 0 Å². The van der Waals surface area contributed by atoms with Crippen LogP contribution >= 0.6 is 11.3 Å². The highest BCUT2D eigenvalue weighted by Crippen LogP contribution is 2.33. The molecule has 0 spiro atoms. The number of thiazole rings is 1. The Morgan fingerprint density at radius 2 is 1.90 bits per heavy atom. The molecule has 29 heavy (non-hydrogen) atoms. The largest absolute Gasteiger partial charge is 0.467 e. The fraction of sp³-hybridized carbons (Fsp3) is 0.130. The summed E-state index contributed by atoms with van der Waals surface area (Å²) in [6.07, 6.45) is 1.60. The Kier molecular flexibility index (Phi) is 4.21. The van der Waals surface area contributed by atoms with Gasteiger partial charge >= 0.3 is 0 Å². The maximum absolute atomic E-state index is 13.4. The molecule has 0 N–H and O–H groups in total. The Balaban J connectivity index is 1.60. The number of carbonyl (C=O) groups is 1.